The molecule has 0 aliphatic carbocycles. The van der Waals surface area contributed by atoms with Gasteiger partial charge in [0.2, 0.25) is 0 Å². The highest BCUT2D eigenvalue weighted by molar-refractivity contribution is 5.72. The van der Waals surface area contributed by atoms with Crippen LogP contribution >= 0.6 is 0 Å². The molecule has 0 amide bonds. The first-order chi connectivity index (χ1) is 15.3. The number of methoxy groups -OCH3 is 2. The fourth-order valence-electron chi connectivity index (χ4n) is 4.19. The summed E-state index contributed by atoms with van der Waals surface area (Å²) in [6, 6.07) is 18.5. The first-order valence-electron chi connectivity index (χ1n) is 11.0. The lowest BCUT2D eigenvalue weighted by molar-refractivity contribution is 0.251. The maximum atomic E-state index is 5.64. The third-order valence-electron chi connectivity index (χ3n) is 5.90. The van der Waals surface area contributed by atoms with Gasteiger partial charge in [-0.15, -0.1) is 0 Å². The topological polar surface area (TPSA) is 51.0 Å². The molecular weight excluding hydrogens is 390 g/mol. The average Bonchev–Trinajstić information content (AvgIpc) is 3.25. The summed E-state index contributed by atoms with van der Waals surface area (Å²) in [6.07, 6.45) is 2.98. The molecule has 3 aromatic rings. The van der Waals surface area contributed by atoms with Crippen molar-refractivity contribution in [2.75, 3.05) is 51.8 Å². The molecule has 2 heterocycles. The fraction of sp³-hybridized carbons (Fsp3) is 0.400. The van der Waals surface area contributed by atoms with Crippen LogP contribution in [0.25, 0.3) is 11.3 Å². The van der Waals surface area contributed by atoms with Crippen LogP contribution in [0.3, 0.4) is 0 Å². The van der Waals surface area contributed by atoms with Crippen molar-refractivity contribution in [3.63, 3.8) is 0 Å². The van der Waals surface area contributed by atoms with E-state index < -0.39 is 0 Å². The van der Waals surface area contributed by atoms with Crippen LogP contribution in [0.2, 0.25) is 0 Å². The number of benzene rings is 2. The highest BCUT2D eigenvalue weighted by atomic mass is 16.5. The Morgan fingerprint density at radius 2 is 1.61 bits per heavy atom. The molecule has 1 fully saturated rings. The predicted octanol–water partition coefficient (Wildman–Crippen LogP) is 4.50. The second kappa shape index (κ2) is 10.4. The molecular formula is C25H31N3O3. The molecule has 0 N–H and O–H groups in total. The zero-order valence-corrected chi connectivity index (χ0v) is 18.4. The summed E-state index contributed by atoms with van der Waals surface area (Å²) in [5, 5.41) is 4.28. The molecule has 0 bridgehead atoms. The van der Waals surface area contributed by atoms with Gasteiger partial charge in [-0.05, 0) is 43.7 Å². The van der Waals surface area contributed by atoms with Gasteiger partial charge in [-0.25, -0.2) is 0 Å². The van der Waals surface area contributed by atoms with Gasteiger partial charge in [0.05, 0.1) is 14.2 Å². The van der Waals surface area contributed by atoms with Crippen LogP contribution in [0.15, 0.2) is 59.1 Å². The van der Waals surface area contributed by atoms with Crippen molar-refractivity contribution >= 4 is 5.69 Å². The molecule has 31 heavy (non-hydrogen) atoms. The van der Waals surface area contributed by atoms with Gasteiger partial charge < -0.3 is 18.9 Å². The molecule has 0 atom stereocenters. The summed E-state index contributed by atoms with van der Waals surface area (Å²) in [5.41, 5.74) is 2.91. The number of para-hydroxylation sites is 2. The van der Waals surface area contributed by atoms with E-state index in [1.165, 1.54) is 5.69 Å². The minimum Gasteiger partial charge on any atom is -0.496 e. The quantitative estimate of drug-likeness (QED) is 0.474. The van der Waals surface area contributed by atoms with Crippen LogP contribution < -0.4 is 14.4 Å². The van der Waals surface area contributed by atoms with Crippen LogP contribution in [-0.2, 0) is 6.42 Å². The summed E-state index contributed by atoms with van der Waals surface area (Å²) >= 11 is 0. The van der Waals surface area contributed by atoms with E-state index in [0.717, 1.165) is 69.1 Å². The lowest BCUT2D eigenvalue weighted by atomic mass is 10.1. The Hall–Kier alpha value is -2.99. The number of unbranched alkanes of at least 4 members (excludes halogenated alkanes) is 1. The Morgan fingerprint density at radius 3 is 2.35 bits per heavy atom. The largest absolute Gasteiger partial charge is 0.496 e. The average molecular weight is 422 g/mol. The molecule has 6 heteroatoms. The van der Waals surface area contributed by atoms with Crippen molar-refractivity contribution in [1.29, 1.82) is 0 Å². The number of ether oxygens (including phenoxy) is 2. The van der Waals surface area contributed by atoms with Gasteiger partial charge in [-0.3, -0.25) is 4.90 Å². The first-order valence-corrected chi connectivity index (χ1v) is 11.0. The molecule has 164 valence electrons. The zero-order valence-electron chi connectivity index (χ0n) is 18.4. The van der Waals surface area contributed by atoms with Crippen LogP contribution in [0, 0.1) is 0 Å². The predicted molar refractivity (Wildman–Crippen MR) is 123 cm³/mol. The molecule has 1 saturated heterocycles. The smallest absolute Gasteiger partial charge is 0.189 e. The molecule has 4 rings (SSSR count). The molecule has 1 aromatic heterocycles. The van der Waals surface area contributed by atoms with Crippen molar-refractivity contribution < 1.29 is 14.0 Å². The zero-order chi connectivity index (χ0) is 21.5. The van der Waals surface area contributed by atoms with E-state index >= 15 is 0 Å². The van der Waals surface area contributed by atoms with Gasteiger partial charge in [0.15, 0.2) is 17.2 Å². The molecule has 0 spiro atoms. The second-order valence-electron chi connectivity index (χ2n) is 7.81. The van der Waals surface area contributed by atoms with E-state index in [2.05, 4.69) is 45.3 Å². The molecule has 0 unspecified atom stereocenters. The SMILES string of the molecule is COc1ccccc1-c1noc(CCCCN2CCN(c3ccccc3)CC2)c1OC. The first kappa shape index (κ1) is 21.2. The highest BCUT2D eigenvalue weighted by Crippen LogP contribution is 2.38. The number of aryl methyl sites for hydroxylation is 1. The molecule has 0 saturated carbocycles. The Morgan fingerprint density at radius 1 is 0.871 bits per heavy atom. The van der Waals surface area contributed by atoms with Gasteiger partial charge in [0.1, 0.15) is 5.75 Å². The van der Waals surface area contributed by atoms with E-state index in [1.54, 1.807) is 14.2 Å². The minimum atomic E-state index is 0.701. The molecule has 6 nitrogen and oxygen atoms in total. The van der Waals surface area contributed by atoms with Crippen molar-refractivity contribution in [3.05, 3.63) is 60.4 Å². The molecule has 0 radical (unpaired) electrons. The summed E-state index contributed by atoms with van der Waals surface area (Å²) in [6.45, 7) is 5.50. The number of hydrogen-bond donors (Lipinski definition) is 0. The third-order valence-corrected chi connectivity index (χ3v) is 5.90. The summed E-state index contributed by atoms with van der Waals surface area (Å²) in [4.78, 5) is 5.02. The van der Waals surface area contributed by atoms with E-state index in [4.69, 9.17) is 14.0 Å². The van der Waals surface area contributed by atoms with Crippen molar-refractivity contribution in [1.82, 2.24) is 10.1 Å². The minimum absolute atomic E-state index is 0.701. The Kier molecular flexibility index (Phi) is 7.10. The van der Waals surface area contributed by atoms with Gasteiger partial charge in [-0.1, -0.05) is 35.5 Å². The van der Waals surface area contributed by atoms with Gasteiger partial charge in [-0.2, -0.15) is 0 Å². The summed E-state index contributed by atoms with van der Waals surface area (Å²) < 4.78 is 16.8. The molecule has 1 aliphatic heterocycles. The van der Waals surface area contributed by atoms with Crippen molar-refractivity contribution in [2.24, 2.45) is 0 Å². The van der Waals surface area contributed by atoms with Crippen LogP contribution in [0.5, 0.6) is 11.5 Å². The normalized spacial score (nSPS) is 14.6. The molecule has 1 aliphatic rings. The van der Waals surface area contributed by atoms with Crippen molar-refractivity contribution in [2.45, 2.75) is 19.3 Å². The Bertz CT molecular complexity index is 950. The standard InChI is InChI=1S/C25H31N3O3/c1-29-22-13-7-6-12-21(22)24-25(30-2)23(31-26-24)14-8-9-15-27-16-18-28(19-17-27)20-10-4-3-5-11-20/h3-7,10-13H,8-9,14-19H2,1-2H3. The third kappa shape index (κ3) is 5.02. The maximum Gasteiger partial charge on any atom is 0.189 e. The maximum absolute atomic E-state index is 5.64. The Labute approximate surface area is 184 Å². The van der Waals surface area contributed by atoms with E-state index in [1.807, 2.05) is 24.3 Å². The summed E-state index contributed by atoms with van der Waals surface area (Å²) in [5.74, 6) is 2.27. The molecule has 2 aromatic carbocycles. The number of nitrogens with zero attached hydrogens (tertiary/aromatic N) is 3. The van der Waals surface area contributed by atoms with Crippen molar-refractivity contribution in [3.8, 4) is 22.8 Å². The van der Waals surface area contributed by atoms with E-state index in [0.29, 0.717) is 11.4 Å². The van der Waals surface area contributed by atoms with Gasteiger partial charge in [0, 0.05) is 43.9 Å². The van der Waals surface area contributed by atoms with Crippen LogP contribution in [0.4, 0.5) is 5.69 Å². The monoisotopic (exact) mass is 421 g/mol. The number of hydrogen-bond acceptors (Lipinski definition) is 6. The Balaban J connectivity index is 1.27. The van der Waals surface area contributed by atoms with E-state index in [-0.39, 0.29) is 0 Å². The summed E-state index contributed by atoms with van der Waals surface area (Å²) in [7, 11) is 3.33. The highest BCUT2D eigenvalue weighted by Gasteiger charge is 2.21. The second-order valence-corrected chi connectivity index (χ2v) is 7.81. The number of rotatable bonds is 9. The van der Waals surface area contributed by atoms with Crippen LogP contribution in [-0.4, -0.2) is 57.0 Å². The van der Waals surface area contributed by atoms with Gasteiger partial charge >= 0.3 is 0 Å². The number of piperazine rings is 1. The number of aromatic nitrogens is 1. The van der Waals surface area contributed by atoms with Crippen LogP contribution in [0.1, 0.15) is 18.6 Å². The number of anilines is 1. The fourth-order valence-corrected chi connectivity index (χ4v) is 4.19. The van der Waals surface area contributed by atoms with Gasteiger partial charge in [0.25, 0.3) is 0 Å². The lowest BCUT2D eigenvalue weighted by Gasteiger charge is -2.36. The lowest BCUT2D eigenvalue weighted by Crippen LogP contribution is -2.46. The van der Waals surface area contributed by atoms with E-state index in [9.17, 15) is 0 Å².